The van der Waals surface area contributed by atoms with E-state index in [1.165, 1.54) is 0 Å². The summed E-state index contributed by atoms with van der Waals surface area (Å²) in [5, 5.41) is 5.20. The molecule has 23 heavy (non-hydrogen) atoms. The van der Waals surface area contributed by atoms with Gasteiger partial charge >= 0.3 is 0 Å². The summed E-state index contributed by atoms with van der Waals surface area (Å²) < 4.78 is 1.77. The van der Waals surface area contributed by atoms with Gasteiger partial charge in [-0.25, -0.2) is 4.68 Å². The molecule has 0 saturated carbocycles. The summed E-state index contributed by atoms with van der Waals surface area (Å²) in [6.45, 7) is 4.31. The predicted octanol–water partition coefficient (Wildman–Crippen LogP) is 2.53. The van der Waals surface area contributed by atoms with Gasteiger partial charge in [-0.15, -0.1) is 0 Å². The number of aromatic nitrogens is 2. The van der Waals surface area contributed by atoms with Crippen LogP contribution >= 0.6 is 11.6 Å². The van der Waals surface area contributed by atoms with Gasteiger partial charge in [-0.3, -0.25) is 9.69 Å². The van der Waals surface area contributed by atoms with Gasteiger partial charge in [0, 0.05) is 18.7 Å². The normalized spacial score (nSPS) is 19.0. The molecule has 2 aromatic rings. The van der Waals surface area contributed by atoms with Crippen LogP contribution in [0.15, 0.2) is 30.3 Å². The number of piperidine rings is 1. The molecule has 6 heteroatoms. The Bertz CT molecular complexity index is 698. The Morgan fingerprint density at radius 3 is 2.83 bits per heavy atom. The number of nitrogens with two attached hydrogens (primary N) is 1. The number of halogens is 1. The number of likely N-dealkylation sites (tertiary alicyclic amines) is 1. The fraction of sp³-hybridized carbons (Fsp3) is 0.412. The van der Waals surface area contributed by atoms with Crippen molar-refractivity contribution in [2.45, 2.75) is 26.3 Å². The second-order valence-corrected chi connectivity index (χ2v) is 6.44. The van der Waals surface area contributed by atoms with E-state index < -0.39 is 0 Å². The first-order chi connectivity index (χ1) is 11.1. The lowest BCUT2D eigenvalue weighted by molar-refractivity contribution is -0.123. The molecule has 1 fully saturated rings. The van der Waals surface area contributed by atoms with Gasteiger partial charge < -0.3 is 5.73 Å². The average Bonchev–Trinajstić information content (AvgIpc) is 2.84. The van der Waals surface area contributed by atoms with Gasteiger partial charge in [0.15, 0.2) is 0 Å². The van der Waals surface area contributed by atoms with E-state index in [9.17, 15) is 4.79 Å². The zero-order valence-electron chi connectivity index (χ0n) is 13.2. The number of amides is 1. The van der Waals surface area contributed by atoms with E-state index in [0.29, 0.717) is 18.2 Å². The summed E-state index contributed by atoms with van der Waals surface area (Å²) in [6, 6.07) is 9.85. The zero-order valence-corrected chi connectivity index (χ0v) is 14.0. The molecule has 1 aromatic carbocycles. The molecule has 1 aliphatic heterocycles. The molecule has 1 aliphatic rings. The van der Waals surface area contributed by atoms with Crippen LogP contribution in [-0.2, 0) is 11.3 Å². The molecule has 3 rings (SSSR count). The first kappa shape index (κ1) is 16.0. The standard InChI is InChI=1S/C17H21ClN4O/c1-12-15(11-21-9-5-6-13(10-21)17(19)23)16(18)22(20-12)14-7-3-2-4-8-14/h2-4,7-8,13H,5-6,9-11H2,1H3,(H2,19,23)/t13-/m0/s1. The Labute approximate surface area is 141 Å². The summed E-state index contributed by atoms with van der Waals surface area (Å²) in [5.41, 5.74) is 8.33. The van der Waals surface area contributed by atoms with Crippen LogP contribution in [0.3, 0.4) is 0 Å². The summed E-state index contributed by atoms with van der Waals surface area (Å²) >= 11 is 6.56. The molecule has 1 saturated heterocycles. The highest BCUT2D eigenvalue weighted by molar-refractivity contribution is 6.30. The van der Waals surface area contributed by atoms with Gasteiger partial charge in [-0.05, 0) is 38.4 Å². The molecule has 0 bridgehead atoms. The molecule has 0 aliphatic carbocycles. The number of benzene rings is 1. The number of aryl methyl sites for hydroxylation is 1. The highest BCUT2D eigenvalue weighted by atomic mass is 35.5. The molecule has 1 atom stereocenters. The van der Waals surface area contributed by atoms with Gasteiger partial charge in [-0.2, -0.15) is 5.10 Å². The van der Waals surface area contributed by atoms with Gasteiger partial charge in [0.1, 0.15) is 5.15 Å². The van der Waals surface area contributed by atoms with E-state index in [4.69, 9.17) is 17.3 Å². The van der Waals surface area contributed by atoms with Crippen LogP contribution < -0.4 is 5.73 Å². The lowest BCUT2D eigenvalue weighted by atomic mass is 9.97. The van der Waals surface area contributed by atoms with Crippen molar-refractivity contribution in [3.8, 4) is 5.69 Å². The largest absolute Gasteiger partial charge is 0.369 e. The fourth-order valence-electron chi connectivity index (χ4n) is 3.11. The van der Waals surface area contributed by atoms with E-state index in [0.717, 1.165) is 36.3 Å². The second kappa shape index (κ2) is 6.72. The van der Waals surface area contributed by atoms with Gasteiger partial charge in [0.2, 0.25) is 5.91 Å². The zero-order chi connectivity index (χ0) is 16.4. The van der Waals surface area contributed by atoms with Crippen molar-refractivity contribution in [2.75, 3.05) is 13.1 Å². The Hall–Kier alpha value is -1.85. The highest BCUT2D eigenvalue weighted by Gasteiger charge is 2.26. The molecule has 0 unspecified atom stereocenters. The highest BCUT2D eigenvalue weighted by Crippen LogP contribution is 2.26. The molecule has 122 valence electrons. The Morgan fingerprint density at radius 1 is 1.39 bits per heavy atom. The third-order valence-electron chi connectivity index (χ3n) is 4.41. The first-order valence-electron chi connectivity index (χ1n) is 7.87. The smallest absolute Gasteiger partial charge is 0.221 e. The van der Waals surface area contributed by atoms with E-state index in [1.807, 2.05) is 37.3 Å². The number of carbonyl (C=O) groups is 1. The molecule has 0 radical (unpaired) electrons. The molecule has 5 nitrogen and oxygen atoms in total. The molecule has 1 aromatic heterocycles. The van der Waals surface area contributed by atoms with Crippen molar-refractivity contribution in [1.29, 1.82) is 0 Å². The van der Waals surface area contributed by atoms with Crippen molar-refractivity contribution in [3.05, 3.63) is 46.7 Å². The SMILES string of the molecule is Cc1nn(-c2ccccc2)c(Cl)c1CN1CCC[C@H](C(N)=O)C1. The summed E-state index contributed by atoms with van der Waals surface area (Å²) in [5.74, 6) is -0.274. The summed E-state index contributed by atoms with van der Waals surface area (Å²) in [7, 11) is 0. The fourth-order valence-corrected chi connectivity index (χ4v) is 3.44. The predicted molar refractivity (Wildman–Crippen MR) is 90.5 cm³/mol. The van der Waals surface area contributed by atoms with Gasteiger partial charge in [0.05, 0.1) is 17.3 Å². The minimum absolute atomic E-state index is 0.0630. The third kappa shape index (κ3) is 3.41. The lowest BCUT2D eigenvalue weighted by Crippen LogP contribution is -2.40. The quantitative estimate of drug-likeness (QED) is 0.935. The summed E-state index contributed by atoms with van der Waals surface area (Å²) in [6.07, 6.45) is 1.86. The molecule has 1 amide bonds. The van der Waals surface area contributed by atoms with Crippen molar-refractivity contribution in [2.24, 2.45) is 11.7 Å². The van der Waals surface area contributed by atoms with Crippen LogP contribution in [-0.4, -0.2) is 33.7 Å². The van der Waals surface area contributed by atoms with E-state index in [1.54, 1.807) is 4.68 Å². The number of hydrogen-bond donors (Lipinski definition) is 1. The maximum Gasteiger partial charge on any atom is 0.221 e. The van der Waals surface area contributed by atoms with Crippen molar-refractivity contribution in [1.82, 2.24) is 14.7 Å². The number of para-hydroxylation sites is 1. The van der Waals surface area contributed by atoms with Crippen molar-refractivity contribution in [3.63, 3.8) is 0 Å². The van der Waals surface area contributed by atoms with Crippen LogP contribution in [0.5, 0.6) is 0 Å². The summed E-state index contributed by atoms with van der Waals surface area (Å²) in [4.78, 5) is 13.7. The van der Waals surface area contributed by atoms with Crippen LogP contribution in [0, 0.1) is 12.8 Å². The van der Waals surface area contributed by atoms with Gasteiger partial charge in [0.25, 0.3) is 0 Å². The molecule has 0 spiro atoms. The van der Waals surface area contributed by atoms with Gasteiger partial charge in [-0.1, -0.05) is 29.8 Å². The molecule has 2 heterocycles. The van der Waals surface area contributed by atoms with Crippen molar-refractivity contribution >= 4 is 17.5 Å². The first-order valence-corrected chi connectivity index (χ1v) is 8.25. The van der Waals surface area contributed by atoms with Crippen LogP contribution in [0.25, 0.3) is 5.69 Å². The van der Waals surface area contributed by atoms with Crippen LogP contribution in [0.4, 0.5) is 0 Å². The third-order valence-corrected chi connectivity index (χ3v) is 4.80. The number of rotatable bonds is 4. The Kier molecular flexibility index (Phi) is 4.68. The number of hydrogen-bond acceptors (Lipinski definition) is 3. The number of carbonyl (C=O) groups excluding carboxylic acids is 1. The average molecular weight is 333 g/mol. The van der Waals surface area contributed by atoms with Crippen LogP contribution in [0.1, 0.15) is 24.1 Å². The second-order valence-electron chi connectivity index (χ2n) is 6.08. The van der Waals surface area contributed by atoms with E-state index in [-0.39, 0.29) is 11.8 Å². The maximum atomic E-state index is 11.4. The minimum Gasteiger partial charge on any atom is -0.369 e. The number of nitrogens with zero attached hydrogens (tertiary/aromatic N) is 3. The Balaban J connectivity index is 1.81. The van der Waals surface area contributed by atoms with E-state index >= 15 is 0 Å². The Morgan fingerprint density at radius 2 is 2.13 bits per heavy atom. The van der Waals surface area contributed by atoms with Crippen LogP contribution in [0.2, 0.25) is 5.15 Å². The lowest BCUT2D eigenvalue weighted by Gasteiger charge is -2.31. The topological polar surface area (TPSA) is 64.2 Å². The monoisotopic (exact) mass is 332 g/mol. The minimum atomic E-state index is -0.211. The molecular weight excluding hydrogens is 312 g/mol. The maximum absolute atomic E-state index is 11.4. The van der Waals surface area contributed by atoms with E-state index in [2.05, 4.69) is 10.00 Å². The van der Waals surface area contributed by atoms with Crippen molar-refractivity contribution < 1.29 is 4.79 Å². The number of primary amides is 1. The molecule has 2 N–H and O–H groups in total. The molecular formula is C17H21ClN4O.